The first kappa shape index (κ1) is 20.3. The SMILES string of the molecule is COc1ccc([C@@]2(C)OC[C@H]3C[C@]32[C@@H](OCCc2ccccc2)c2ccccc2)cc1. The van der Waals surface area contributed by atoms with Crippen LogP contribution in [0.1, 0.15) is 36.1 Å². The van der Waals surface area contributed by atoms with Gasteiger partial charge in [0.2, 0.25) is 0 Å². The minimum Gasteiger partial charge on any atom is -0.497 e. The predicted molar refractivity (Wildman–Crippen MR) is 122 cm³/mol. The number of hydrogen-bond donors (Lipinski definition) is 0. The van der Waals surface area contributed by atoms with Gasteiger partial charge < -0.3 is 14.2 Å². The van der Waals surface area contributed by atoms with Crippen LogP contribution in [0.2, 0.25) is 0 Å². The summed E-state index contributed by atoms with van der Waals surface area (Å²) in [4.78, 5) is 0. The number of ether oxygens (including phenoxy) is 3. The average molecular weight is 415 g/mol. The Bertz CT molecular complexity index is 1000. The molecule has 5 rings (SSSR count). The average Bonchev–Trinajstić information content (AvgIpc) is 3.50. The molecule has 3 heteroatoms. The van der Waals surface area contributed by atoms with Crippen LogP contribution in [0, 0.1) is 11.3 Å². The highest BCUT2D eigenvalue weighted by Gasteiger charge is 2.74. The van der Waals surface area contributed by atoms with Crippen molar-refractivity contribution in [2.75, 3.05) is 20.3 Å². The lowest BCUT2D eigenvalue weighted by Crippen LogP contribution is -2.38. The van der Waals surface area contributed by atoms with Gasteiger partial charge in [0.25, 0.3) is 0 Å². The number of methoxy groups -OCH3 is 1. The Hall–Kier alpha value is -2.62. The molecular formula is C28H30O3. The molecule has 0 radical (unpaired) electrons. The second-order valence-corrected chi connectivity index (χ2v) is 8.91. The van der Waals surface area contributed by atoms with Crippen LogP contribution in [0.4, 0.5) is 0 Å². The molecule has 1 heterocycles. The molecule has 3 aromatic rings. The van der Waals surface area contributed by atoms with E-state index in [2.05, 4.69) is 79.7 Å². The molecule has 0 amide bonds. The van der Waals surface area contributed by atoms with Gasteiger partial charge >= 0.3 is 0 Å². The minimum absolute atomic E-state index is 0.00276. The first-order valence-electron chi connectivity index (χ1n) is 11.2. The van der Waals surface area contributed by atoms with E-state index in [-0.39, 0.29) is 11.5 Å². The van der Waals surface area contributed by atoms with Crippen molar-refractivity contribution in [1.82, 2.24) is 0 Å². The van der Waals surface area contributed by atoms with Crippen LogP contribution in [0.3, 0.4) is 0 Å². The van der Waals surface area contributed by atoms with Crippen LogP contribution >= 0.6 is 0 Å². The summed E-state index contributed by atoms with van der Waals surface area (Å²) in [5, 5.41) is 0. The standard InChI is InChI=1S/C28H30O3/c1-27(23-13-15-25(29-2)16-14-23)28(19-24(28)20-31-27)26(22-11-7-4-8-12-22)30-18-17-21-9-5-3-6-10-21/h3-16,24,26H,17-20H2,1-2H3/t24-,26+,27-,28-/m1/s1. The molecule has 1 aliphatic heterocycles. The highest BCUT2D eigenvalue weighted by molar-refractivity contribution is 5.39. The van der Waals surface area contributed by atoms with E-state index in [1.54, 1.807) is 7.11 Å². The fraction of sp³-hybridized carbons (Fsp3) is 0.357. The molecule has 2 aliphatic rings. The smallest absolute Gasteiger partial charge is 0.118 e. The summed E-state index contributed by atoms with van der Waals surface area (Å²) in [5.74, 6) is 1.38. The van der Waals surface area contributed by atoms with Crippen molar-refractivity contribution in [3.63, 3.8) is 0 Å². The summed E-state index contributed by atoms with van der Waals surface area (Å²) in [7, 11) is 1.70. The van der Waals surface area contributed by atoms with Crippen molar-refractivity contribution >= 4 is 0 Å². The van der Waals surface area contributed by atoms with Gasteiger partial charge in [0.1, 0.15) is 5.75 Å². The normalized spacial score (nSPS) is 27.5. The number of fused-ring (bicyclic) bond motifs is 1. The van der Waals surface area contributed by atoms with Gasteiger partial charge in [-0.1, -0.05) is 72.8 Å². The Balaban J connectivity index is 1.46. The number of hydrogen-bond acceptors (Lipinski definition) is 3. The summed E-state index contributed by atoms with van der Waals surface area (Å²) >= 11 is 0. The summed E-state index contributed by atoms with van der Waals surface area (Å²) in [6.07, 6.45) is 2.03. The monoisotopic (exact) mass is 414 g/mol. The van der Waals surface area contributed by atoms with Gasteiger partial charge in [-0.25, -0.2) is 0 Å². The lowest BCUT2D eigenvalue weighted by Gasteiger charge is -2.40. The molecule has 4 atom stereocenters. The highest BCUT2D eigenvalue weighted by atomic mass is 16.5. The molecule has 1 saturated heterocycles. The van der Waals surface area contributed by atoms with E-state index in [1.807, 2.05) is 12.1 Å². The second-order valence-electron chi connectivity index (χ2n) is 8.91. The Morgan fingerprint density at radius 2 is 1.61 bits per heavy atom. The van der Waals surface area contributed by atoms with Gasteiger partial charge in [-0.2, -0.15) is 0 Å². The first-order chi connectivity index (χ1) is 15.2. The van der Waals surface area contributed by atoms with Crippen molar-refractivity contribution < 1.29 is 14.2 Å². The topological polar surface area (TPSA) is 27.7 Å². The fourth-order valence-corrected chi connectivity index (χ4v) is 5.48. The molecule has 0 N–H and O–H groups in total. The summed E-state index contributed by atoms with van der Waals surface area (Å²) in [6, 6.07) is 29.6. The Morgan fingerprint density at radius 3 is 2.26 bits per heavy atom. The van der Waals surface area contributed by atoms with Crippen LogP contribution < -0.4 is 4.74 Å². The van der Waals surface area contributed by atoms with Gasteiger partial charge in [-0.3, -0.25) is 0 Å². The third-order valence-electron chi connectivity index (χ3n) is 7.34. The van der Waals surface area contributed by atoms with Crippen LogP contribution in [0.5, 0.6) is 5.75 Å². The molecule has 0 aromatic heterocycles. The summed E-state index contributed by atoms with van der Waals surface area (Å²) in [6.45, 7) is 3.73. The maximum atomic E-state index is 6.72. The van der Waals surface area contributed by atoms with Crippen LogP contribution in [-0.4, -0.2) is 20.3 Å². The van der Waals surface area contributed by atoms with Crippen LogP contribution in [0.15, 0.2) is 84.9 Å². The molecule has 0 spiro atoms. The van der Waals surface area contributed by atoms with Gasteiger partial charge in [-0.05, 0) is 54.5 Å². The second kappa shape index (κ2) is 8.14. The van der Waals surface area contributed by atoms with E-state index in [1.165, 1.54) is 16.7 Å². The molecule has 0 bridgehead atoms. The maximum Gasteiger partial charge on any atom is 0.118 e. The van der Waals surface area contributed by atoms with Gasteiger partial charge in [0.05, 0.1) is 32.0 Å². The largest absolute Gasteiger partial charge is 0.497 e. The zero-order valence-electron chi connectivity index (χ0n) is 18.3. The number of benzene rings is 3. The van der Waals surface area contributed by atoms with Crippen LogP contribution in [0.25, 0.3) is 0 Å². The highest BCUT2D eigenvalue weighted by Crippen LogP contribution is 2.75. The molecular weight excluding hydrogens is 384 g/mol. The van der Waals surface area contributed by atoms with Gasteiger partial charge in [0, 0.05) is 5.41 Å². The molecule has 0 unspecified atom stereocenters. The quantitative estimate of drug-likeness (QED) is 0.456. The van der Waals surface area contributed by atoms with E-state index < -0.39 is 5.60 Å². The van der Waals surface area contributed by atoms with Gasteiger partial charge in [-0.15, -0.1) is 0 Å². The van der Waals surface area contributed by atoms with Gasteiger partial charge in [0.15, 0.2) is 0 Å². The molecule has 2 fully saturated rings. The number of rotatable bonds is 8. The zero-order valence-corrected chi connectivity index (χ0v) is 18.3. The lowest BCUT2D eigenvalue weighted by molar-refractivity contribution is -0.108. The van der Waals surface area contributed by atoms with Crippen molar-refractivity contribution in [2.45, 2.75) is 31.5 Å². The first-order valence-corrected chi connectivity index (χ1v) is 11.2. The fourth-order valence-electron chi connectivity index (χ4n) is 5.48. The lowest BCUT2D eigenvalue weighted by atomic mass is 9.74. The molecule has 3 aromatic carbocycles. The zero-order chi connectivity index (χ0) is 21.3. The third kappa shape index (κ3) is 3.46. The van der Waals surface area contributed by atoms with Crippen LogP contribution in [-0.2, 0) is 21.5 Å². The molecule has 1 saturated carbocycles. The molecule has 31 heavy (non-hydrogen) atoms. The van der Waals surface area contributed by atoms with Crippen molar-refractivity contribution in [3.8, 4) is 5.75 Å². The molecule has 160 valence electrons. The van der Waals surface area contributed by atoms with E-state index in [9.17, 15) is 0 Å². The molecule has 1 aliphatic carbocycles. The van der Waals surface area contributed by atoms with E-state index in [0.29, 0.717) is 12.5 Å². The summed E-state index contributed by atoms with van der Waals surface area (Å²) in [5.41, 5.74) is 3.29. The Morgan fingerprint density at radius 1 is 0.935 bits per heavy atom. The van der Waals surface area contributed by atoms with E-state index in [0.717, 1.165) is 25.2 Å². The molecule has 3 nitrogen and oxygen atoms in total. The van der Waals surface area contributed by atoms with E-state index in [4.69, 9.17) is 14.2 Å². The van der Waals surface area contributed by atoms with Crippen molar-refractivity contribution in [1.29, 1.82) is 0 Å². The van der Waals surface area contributed by atoms with E-state index >= 15 is 0 Å². The Labute approximate surface area is 185 Å². The summed E-state index contributed by atoms with van der Waals surface area (Å²) < 4.78 is 18.6. The minimum atomic E-state index is -0.392. The van der Waals surface area contributed by atoms with Crippen molar-refractivity contribution in [3.05, 3.63) is 102 Å². The Kier molecular flexibility index (Phi) is 5.33. The maximum absolute atomic E-state index is 6.72. The van der Waals surface area contributed by atoms with Crippen molar-refractivity contribution in [2.24, 2.45) is 11.3 Å². The third-order valence-corrected chi connectivity index (χ3v) is 7.34. The predicted octanol–water partition coefficient (Wildman–Crippen LogP) is 5.95.